The van der Waals surface area contributed by atoms with Gasteiger partial charge in [-0.05, 0) is 24.3 Å². The minimum absolute atomic E-state index is 0.388. The zero-order valence-electron chi connectivity index (χ0n) is 6.25. The van der Waals surface area contributed by atoms with E-state index in [1.165, 1.54) is 0 Å². The molecule has 0 saturated heterocycles. The highest BCUT2D eigenvalue weighted by Gasteiger charge is 2.14. The van der Waals surface area contributed by atoms with E-state index in [4.69, 9.17) is 8.39 Å². The fourth-order valence-electron chi connectivity index (χ4n) is 0.821. The number of fused-ring (bicyclic) bond motifs is 6. The molecule has 1 aromatic carbocycles. The van der Waals surface area contributed by atoms with Crippen LogP contribution in [0.25, 0.3) is 11.2 Å². The lowest BCUT2D eigenvalue weighted by atomic mass is 10.3. The number of hydrogen-bond donors (Lipinski definition) is 0. The summed E-state index contributed by atoms with van der Waals surface area (Å²) in [5.41, 5.74) is 0.775. The monoisotopic (exact) mass is 218 g/mol. The first-order valence-corrected chi connectivity index (χ1v) is 5.52. The van der Waals surface area contributed by atoms with Crippen molar-refractivity contribution >= 4 is 27.0 Å². The molecule has 13 heavy (non-hydrogen) atoms. The molecule has 0 N–H and O–H groups in total. The maximum absolute atomic E-state index is 10.9. The highest BCUT2D eigenvalue weighted by Crippen LogP contribution is 2.24. The fourth-order valence-corrected chi connectivity index (χ4v) is 2.11. The number of rotatable bonds is 0. The Labute approximate surface area is 73.5 Å². The Morgan fingerprint density at radius 2 is 1.23 bits per heavy atom. The third-order valence-corrected chi connectivity index (χ3v) is 3.10. The zero-order valence-corrected chi connectivity index (χ0v) is 8.03. The van der Waals surface area contributed by atoms with Crippen molar-refractivity contribution in [2.24, 2.45) is 0 Å². The molecule has 3 aromatic rings. The maximum atomic E-state index is 10.9. The molecular weight excluding hydrogens is 214 g/mol. The van der Waals surface area contributed by atoms with Crippen molar-refractivity contribution in [1.82, 2.24) is 0 Å². The van der Waals surface area contributed by atoms with Crippen molar-refractivity contribution in [2.45, 2.75) is 0 Å². The van der Waals surface area contributed by atoms with E-state index in [1.807, 2.05) is 0 Å². The van der Waals surface area contributed by atoms with Crippen LogP contribution in [0.5, 0.6) is 0 Å². The molecule has 3 rings (SSSR count). The van der Waals surface area contributed by atoms with E-state index in [2.05, 4.69) is 3.98 Å². The van der Waals surface area contributed by atoms with E-state index in [1.54, 1.807) is 24.3 Å². The van der Waals surface area contributed by atoms with Gasteiger partial charge in [-0.1, -0.05) is 0 Å². The molecule has 0 spiro atoms. The second-order valence-corrected chi connectivity index (χ2v) is 4.10. The lowest BCUT2D eigenvalue weighted by Gasteiger charge is -1.76. The Morgan fingerprint density at radius 1 is 0.846 bits per heavy atom. The summed E-state index contributed by atoms with van der Waals surface area (Å²) in [5, 5.41) is 0. The average molecular weight is 218 g/mol. The third-order valence-electron chi connectivity index (χ3n) is 1.32. The number of hydrogen-bond acceptors (Lipinski definition) is 5. The summed E-state index contributed by atoms with van der Waals surface area (Å²) in [6.45, 7) is 0. The molecule has 2 bridgehead atoms. The van der Waals surface area contributed by atoms with Crippen molar-refractivity contribution in [1.29, 1.82) is 0 Å². The predicted molar refractivity (Wildman–Crippen MR) is 44.8 cm³/mol. The normalized spacial score (nSPS) is 12.9. The van der Waals surface area contributed by atoms with Crippen LogP contribution in [0.1, 0.15) is 0 Å². The molecule has 0 saturated carbocycles. The molecule has 2 heterocycles. The summed E-state index contributed by atoms with van der Waals surface area (Å²) in [6.07, 6.45) is 0. The smallest absolute Gasteiger partial charge is 0.220 e. The van der Waals surface area contributed by atoms with E-state index >= 15 is 0 Å². The highest BCUT2D eigenvalue weighted by molar-refractivity contribution is 7.32. The lowest BCUT2D eigenvalue weighted by molar-refractivity contribution is 0.491. The Morgan fingerprint density at radius 3 is 1.62 bits per heavy atom. The summed E-state index contributed by atoms with van der Waals surface area (Å²) >= 11 is 0. The molecule has 0 aliphatic carbocycles. The van der Waals surface area contributed by atoms with Gasteiger partial charge in [0.1, 0.15) is 0 Å². The van der Waals surface area contributed by atoms with Crippen LogP contribution in [0.2, 0.25) is 0 Å². The van der Waals surface area contributed by atoms with Crippen LogP contribution >= 0.6 is 15.8 Å². The fraction of sp³-hybridized carbons (Fsp3) is 0. The van der Waals surface area contributed by atoms with Crippen LogP contribution in [0.15, 0.2) is 36.6 Å². The molecular formula is C6H4O5P2+2. The summed E-state index contributed by atoms with van der Waals surface area (Å²) in [4.78, 5) is 0. The molecule has 2 aromatic heterocycles. The summed E-state index contributed by atoms with van der Waals surface area (Å²) in [5.74, 6) is 0. The van der Waals surface area contributed by atoms with Gasteiger partial charge in [-0.15, -0.1) is 0 Å². The van der Waals surface area contributed by atoms with Crippen LogP contribution in [0.3, 0.4) is 0 Å². The largest absolute Gasteiger partial charge is 0.853 e. The lowest BCUT2D eigenvalue weighted by Crippen LogP contribution is -1.59. The molecule has 5 nitrogen and oxygen atoms in total. The average Bonchev–Trinajstić information content (AvgIpc) is 2.16. The van der Waals surface area contributed by atoms with Crippen molar-refractivity contribution in [3.05, 3.63) is 24.3 Å². The Kier molecular flexibility index (Phi) is 2.13. The van der Waals surface area contributed by atoms with Gasteiger partial charge in [-0.2, -0.15) is 0 Å². The van der Waals surface area contributed by atoms with Gasteiger partial charge in [-0.25, -0.2) is 8.39 Å². The van der Waals surface area contributed by atoms with E-state index in [-0.39, 0.29) is 0 Å². The second-order valence-electron chi connectivity index (χ2n) is 2.18. The van der Waals surface area contributed by atoms with E-state index < -0.39 is 15.8 Å². The predicted octanol–water partition coefficient (Wildman–Crippen LogP) is 3.67. The van der Waals surface area contributed by atoms with Gasteiger partial charge < -0.3 is 0 Å². The van der Waals surface area contributed by atoms with Crippen molar-refractivity contribution < 1.29 is 21.5 Å². The first kappa shape index (κ1) is 8.42. The maximum Gasteiger partial charge on any atom is 0.853 e. The molecule has 2 atom stereocenters. The first-order valence-electron chi connectivity index (χ1n) is 3.33. The third kappa shape index (κ3) is 1.94. The van der Waals surface area contributed by atoms with Gasteiger partial charge in [0.25, 0.3) is 0 Å². The summed E-state index contributed by atoms with van der Waals surface area (Å²) in [7, 11) is -4.84. The van der Waals surface area contributed by atoms with E-state index in [0.717, 1.165) is 0 Å². The van der Waals surface area contributed by atoms with Gasteiger partial charge in [-0.3, -0.25) is 0 Å². The van der Waals surface area contributed by atoms with Gasteiger partial charge in [0.05, 0.1) is 3.98 Å². The van der Waals surface area contributed by atoms with Crippen molar-refractivity contribution in [3.8, 4) is 0 Å². The SMILES string of the molecule is O=[p+]1oc2ccc(cc2)o[p+](=O)o1. The number of benzene rings is 1. The minimum atomic E-state index is -2.42. The second kappa shape index (κ2) is 3.29. The minimum Gasteiger partial charge on any atom is -0.220 e. The van der Waals surface area contributed by atoms with Gasteiger partial charge in [0, 0.05) is 9.13 Å². The van der Waals surface area contributed by atoms with Gasteiger partial charge in [0.2, 0.25) is 0 Å². The van der Waals surface area contributed by atoms with Crippen LogP contribution < -0.4 is 0 Å². The molecule has 0 aliphatic rings. The molecule has 0 aliphatic heterocycles. The molecule has 0 radical (unpaired) electrons. The zero-order chi connectivity index (χ0) is 9.26. The summed E-state index contributed by atoms with van der Waals surface area (Å²) in [6, 6.07) is 6.22. The Bertz CT molecular complexity index is 494. The van der Waals surface area contributed by atoms with Crippen molar-refractivity contribution in [3.63, 3.8) is 0 Å². The van der Waals surface area contributed by atoms with Crippen LogP contribution in [-0.4, -0.2) is 0 Å². The summed E-state index contributed by atoms with van der Waals surface area (Å²) < 4.78 is 35.8. The van der Waals surface area contributed by atoms with Crippen LogP contribution in [0, 0.1) is 0 Å². The van der Waals surface area contributed by atoms with Crippen LogP contribution in [-0.2, 0) is 9.13 Å². The molecule has 7 heteroatoms. The first-order chi connectivity index (χ1) is 6.24. The van der Waals surface area contributed by atoms with E-state index in [0.29, 0.717) is 11.2 Å². The molecule has 0 amide bonds. The quantitative estimate of drug-likeness (QED) is 0.674. The molecule has 2 unspecified atom stereocenters. The van der Waals surface area contributed by atoms with Crippen molar-refractivity contribution in [2.75, 3.05) is 0 Å². The molecule has 0 fully saturated rings. The molecule has 66 valence electrons. The Hall–Kier alpha value is -1.18. The highest BCUT2D eigenvalue weighted by atomic mass is 31.1. The topological polar surface area (TPSA) is 73.6 Å². The van der Waals surface area contributed by atoms with Gasteiger partial charge in [0.15, 0.2) is 11.2 Å². The van der Waals surface area contributed by atoms with Gasteiger partial charge >= 0.3 is 15.8 Å². The van der Waals surface area contributed by atoms with E-state index in [9.17, 15) is 9.13 Å². The standard InChI is InChI=1S/C6H4O5P2/c7-12-9-5-1-2-6(4-3-5)10-13(8)11-12/h1-4H/q+2. The van der Waals surface area contributed by atoms with Crippen LogP contribution in [0.4, 0.5) is 0 Å². The Balaban J connectivity index is 3.07.